The summed E-state index contributed by atoms with van der Waals surface area (Å²) in [5.41, 5.74) is -7.32. The smallest absolute Gasteiger partial charge is 0.331 e. The second-order valence-corrected chi connectivity index (χ2v) is 26.7. The molecule has 1 aromatic carbocycles. The van der Waals surface area contributed by atoms with Crippen LogP contribution in [0.3, 0.4) is 0 Å². The highest BCUT2D eigenvalue weighted by Crippen LogP contribution is 2.72. The number of fused-ring (bicyclic) bond motifs is 5. The normalized spacial score (nSPS) is 51.0. The summed E-state index contributed by atoms with van der Waals surface area (Å²) in [6.45, 7) is 8.47. The predicted molar refractivity (Wildman–Crippen MR) is 303 cm³/mol. The lowest BCUT2D eigenvalue weighted by atomic mass is 9.40. The molecule has 9 fully saturated rings. The number of hydrogen-bond acceptors (Lipinski definition) is 27. The van der Waals surface area contributed by atoms with Gasteiger partial charge in [0.2, 0.25) is 0 Å². The van der Waals surface area contributed by atoms with E-state index in [4.69, 9.17) is 61.6 Å². The van der Waals surface area contributed by atoms with E-state index in [1.165, 1.54) is 27.2 Å². The maximum atomic E-state index is 13.6. The van der Waals surface area contributed by atoms with Gasteiger partial charge in [-0.3, -0.25) is 4.79 Å². The molecule has 0 unspecified atom stereocenters. The number of aliphatic hydroxyl groups is 12. The molecule has 0 amide bonds. The van der Waals surface area contributed by atoms with Crippen molar-refractivity contribution in [2.45, 2.75) is 276 Å². The maximum Gasteiger partial charge on any atom is 0.331 e. The zero-order valence-corrected chi connectivity index (χ0v) is 51.6. The Hall–Kier alpha value is -2.86. The van der Waals surface area contributed by atoms with Crippen LogP contribution in [0.15, 0.2) is 36.4 Å². The highest BCUT2D eigenvalue weighted by Gasteiger charge is 2.82. The van der Waals surface area contributed by atoms with E-state index in [1.54, 1.807) is 33.8 Å². The standard InChI is InChI=1S/C62H94O27/c1-28-50(35(66)23-42(79-28)82-34-17-18-58(5)33(22-34)16-19-61(75)39(58)25-40(85-41(67)15-14-32-12-10-9-11-13-32)59(6)60(74,31(4)65)20-21-62(59,61)76)86-43-24-36(77-7)51(29(2)80-43)87-57-49(73)54(78-8)52(30(3)81-57)88-56-48(72)46(70)53(38(27-64)84-56)89-55-47(71)45(69)44(68)37(26-63)83-55/h9-15,28-30,33-40,42-57,63-64,66,68-76H,16-27H2,1-8H3/b15-14+/t28-,29-,30-,33+,34+,35+,36-,37-,38-,39-,40-,42+,43+,44-,45+,46-,47-,48-,49-,50-,51-,52-,53-,54-,55+,56+,57+,58+,59-,60-,61+,62-/m1/s1. The molecule has 5 saturated heterocycles. The number of carbonyl (C=O) groups is 2. The topological polar surface area (TPSA) is 397 Å². The van der Waals surface area contributed by atoms with Gasteiger partial charge in [0, 0.05) is 33.1 Å². The Labute approximate surface area is 516 Å². The first-order valence-corrected chi connectivity index (χ1v) is 31.3. The zero-order valence-electron chi connectivity index (χ0n) is 51.6. The highest BCUT2D eigenvalue weighted by atomic mass is 16.8. The number of hydrogen-bond donors (Lipinski definition) is 12. The van der Waals surface area contributed by atoms with E-state index in [1.807, 2.05) is 30.3 Å². The molecule has 4 aliphatic carbocycles. The van der Waals surface area contributed by atoms with Gasteiger partial charge in [-0.05, 0) is 115 Å². The summed E-state index contributed by atoms with van der Waals surface area (Å²) in [5, 5.41) is 135. The van der Waals surface area contributed by atoms with E-state index >= 15 is 0 Å². The molecular weight excluding hydrogens is 1180 g/mol. The third-order valence-electron chi connectivity index (χ3n) is 21.9. The van der Waals surface area contributed by atoms with Crippen molar-refractivity contribution in [3.8, 4) is 0 Å². The summed E-state index contributed by atoms with van der Waals surface area (Å²) in [6, 6.07) is 9.19. The van der Waals surface area contributed by atoms with Crippen LogP contribution in [0, 0.1) is 22.7 Å². The average Bonchev–Trinajstić information content (AvgIpc) is 1.61. The van der Waals surface area contributed by atoms with Gasteiger partial charge in [0.25, 0.3) is 0 Å². The molecule has 504 valence electrons. The van der Waals surface area contributed by atoms with Crippen LogP contribution in [0.4, 0.5) is 0 Å². The minimum absolute atomic E-state index is 0.00898. The minimum atomic E-state index is -2.07. The van der Waals surface area contributed by atoms with Crippen molar-refractivity contribution in [3.05, 3.63) is 42.0 Å². The van der Waals surface area contributed by atoms with Gasteiger partial charge in [-0.25, -0.2) is 4.79 Å². The van der Waals surface area contributed by atoms with Crippen molar-refractivity contribution < 1.29 is 132 Å². The summed E-state index contributed by atoms with van der Waals surface area (Å²) in [4.78, 5) is 27.0. The van der Waals surface area contributed by atoms with Gasteiger partial charge < -0.3 is 123 Å². The van der Waals surface area contributed by atoms with E-state index in [2.05, 4.69) is 6.92 Å². The summed E-state index contributed by atoms with van der Waals surface area (Å²) in [7, 11) is 2.78. The molecule has 10 rings (SSSR count). The first-order valence-electron chi connectivity index (χ1n) is 31.3. The lowest BCUT2D eigenvalue weighted by molar-refractivity contribution is -0.385. The maximum absolute atomic E-state index is 13.6. The number of methoxy groups -OCH3 is 2. The molecule has 0 aromatic heterocycles. The Balaban J connectivity index is 0.721. The number of Topliss-reactive ketones (excluding diaryl/α,β-unsaturated/α-hetero) is 1. The summed E-state index contributed by atoms with van der Waals surface area (Å²) < 4.78 is 79.2. The largest absolute Gasteiger partial charge is 0.458 e. The van der Waals surface area contributed by atoms with Crippen LogP contribution in [-0.4, -0.2) is 271 Å². The van der Waals surface area contributed by atoms with Crippen molar-refractivity contribution in [2.24, 2.45) is 22.7 Å². The van der Waals surface area contributed by atoms with Crippen molar-refractivity contribution >= 4 is 17.8 Å². The first-order chi connectivity index (χ1) is 42.1. The van der Waals surface area contributed by atoms with Crippen molar-refractivity contribution in [1.82, 2.24) is 0 Å². The summed E-state index contributed by atoms with van der Waals surface area (Å²) in [6.07, 6.45) is -25.7. The number of rotatable bonds is 18. The summed E-state index contributed by atoms with van der Waals surface area (Å²) >= 11 is 0. The van der Waals surface area contributed by atoms with Gasteiger partial charge >= 0.3 is 5.97 Å². The van der Waals surface area contributed by atoms with Crippen LogP contribution >= 0.6 is 0 Å². The number of ether oxygens (including phenoxy) is 13. The molecule has 0 radical (unpaired) electrons. The fourth-order valence-electron chi connectivity index (χ4n) is 16.7. The molecule has 32 atom stereocenters. The van der Waals surface area contributed by atoms with Crippen molar-refractivity contribution in [3.63, 3.8) is 0 Å². The van der Waals surface area contributed by atoms with Crippen LogP contribution in [0.1, 0.15) is 111 Å². The zero-order chi connectivity index (χ0) is 64.4. The van der Waals surface area contributed by atoms with Gasteiger partial charge in [-0.1, -0.05) is 37.3 Å². The molecule has 0 spiro atoms. The Morgan fingerprint density at radius 3 is 1.84 bits per heavy atom. The van der Waals surface area contributed by atoms with Crippen LogP contribution < -0.4 is 0 Å². The van der Waals surface area contributed by atoms with Crippen LogP contribution in [-0.2, 0) is 71.2 Å². The number of carbonyl (C=O) groups excluding carboxylic acids is 2. The van der Waals surface area contributed by atoms with Crippen molar-refractivity contribution in [1.29, 1.82) is 0 Å². The monoisotopic (exact) mass is 1270 g/mol. The average molecular weight is 1270 g/mol. The van der Waals surface area contributed by atoms with Crippen molar-refractivity contribution in [2.75, 3.05) is 27.4 Å². The fraction of sp³-hybridized carbons (Fsp3) is 0.839. The molecule has 4 saturated carbocycles. The Morgan fingerprint density at radius 1 is 0.596 bits per heavy atom. The molecule has 0 bridgehead atoms. The minimum Gasteiger partial charge on any atom is -0.458 e. The van der Waals surface area contributed by atoms with Crippen LogP contribution in [0.2, 0.25) is 0 Å². The molecule has 89 heavy (non-hydrogen) atoms. The highest BCUT2D eigenvalue weighted by molar-refractivity contribution is 5.88. The molecule has 1 aromatic rings. The summed E-state index contributed by atoms with van der Waals surface area (Å²) in [5.74, 6) is -1.86. The number of esters is 1. The van der Waals surface area contributed by atoms with Gasteiger partial charge in [0.1, 0.15) is 96.7 Å². The molecule has 27 heteroatoms. The Bertz CT molecular complexity index is 2570. The first kappa shape index (κ1) is 69.0. The van der Waals surface area contributed by atoms with E-state index < -0.39 is 206 Å². The fourth-order valence-corrected chi connectivity index (χ4v) is 16.7. The van der Waals surface area contributed by atoms with Gasteiger partial charge in [-0.15, -0.1) is 0 Å². The second-order valence-electron chi connectivity index (χ2n) is 26.7. The Morgan fingerprint density at radius 2 is 1.20 bits per heavy atom. The van der Waals surface area contributed by atoms with E-state index in [9.17, 15) is 70.9 Å². The molecular formula is C62H94O27. The van der Waals surface area contributed by atoms with Gasteiger partial charge in [-0.2, -0.15) is 0 Å². The molecule has 9 aliphatic rings. The lowest BCUT2D eigenvalue weighted by Gasteiger charge is -2.69. The van der Waals surface area contributed by atoms with E-state index in [-0.39, 0.29) is 50.5 Å². The van der Waals surface area contributed by atoms with E-state index in [0.717, 1.165) is 5.56 Å². The van der Waals surface area contributed by atoms with Gasteiger partial charge in [0.15, 0.2) is 37.2 Å². The number of benzene rings is 1. The molecule has 5 aliphatic heterocycles. The SMILES string of the molecule is CO[C@@H]1[C@@H](O)[C@H](O[C@@H]2[C@@H](C)O[C@@H](O[C@H]3[C@@H](O)C[C@H](O[C@H]4CC[C@@]5(C)[C@@H](CC[C@]6(O)[C@@H]5C[C@@H](OC(=O)/C=C/c5ccccc5)[C@@]5(C)[C@]6(O)CC[C@@]5(O)C(C)=O)C4)O[C@@H]3C)C[C@H]2OC)O[C@H](C)[C@H]1O[C@@H]1O[C@H](CO)[C@@H](O[C@@H]2O[C@H](CO)[C@@H](O)[C@H](O)[C@H]2O)[C@H](O)[C@H]1O. The third kappa shape index (κ3) is 12.4. The van der Waals surface area contributed by atoms with E-state index in [0.29, 0.717) is 25.7 Å². The molecule has 27 nitrogen and oxygen atoms in total. The third-order valence-corrected chi connectivity index (χ3v) is 21.9. The lowest BCUT2D eigenvalue weighted by Crippen LogP contribution is -2.79. The molecule has 12 N–H and O–H groups in total. The Kier molecular flexibility index (Phi) is 21.0. The number of ketones is 1. The predicted octanol–water partition coefficient (Wildman–Crippen LogP) is -1.25. The van der Waals surface area contributed by atoms with Crippen LogP contribution in [0.25, 0.3) is 6.08 Å². The molecule has 5 heterocycles. The number of aliphatic hydroxyl groups excluding tert-OH is 9. The second kappa shape index (κ2) is 27.1. The quantitative estimate of drug-likeness (QED) is 0.0464. The van der Waals surface area contributed by atoms with Gasteiger partial charge in [0.05, 0.1) is 60.9 Å². The van der Waals surface area contributed by atoms with Crippen LogP contribution in [0.5, 0.6) is 0 Å².